The Morgan fingerprint density at radius 1 is 1.00 bits per heavy atom. The first kappa shape index (κ1) is 30.6. The maximum atomic E-state index is 11.2. The van der Waals surface area contributed by atoms with Crippen LogP contribution in [0.2, 0.25) is 0 Å². The van der Waals surface area contributed by atoms with Crippen LogP contribution in [-0.4, -0.2) is 89.3 Å². The van der Waals surface area contributed by atoms with E-state index < -0.39 is 16.4 Å². The molecule has 0 heterocycles. The predicted molar refractivity (Wildman–Crippen MR) is 129 cm³/mol. The summed E-state index contributed by atoms with van der Waals surface area (Å²) in [4.78, 5) is 11.1. The van der Waals surface area contributed by atoms with Gasteiger partial charge < -0.3 is 5.11 Å². The van der Waals surface area contributed by atoms with E-state index in [4.69, 9.17) is 13.8 Å². The van der Waals surface area contributed by atoms with Gasteiger partial charge in [0, 0.05) is 65.5 Å². The molecule has 4 aliphatic rings. The van der Waals surface area contributed by atoms with Gasteiger partial charge in [-0.2, -0.15) is 8.42 Å². The van der Waals surface area contributed by atoms with Crippen LogP contribution < -0.4 is 0 Å². The minimum Gasteiger partial charge on any atom is -0.481 e. The van der Waals surface area contributed by atoms with E-state index in [1.165, 1.54) is 32.1 Å². The van der Waals surface area contributed by atoms with Gasteiger partial charge in [-0.1, -0.05) is 20.8 Å². The van der Waals surface area contributed by atoms with Crippen LogP contribution in [0.3, 0.4) is 0 Å². The van der Waals surface area contributed by atoms with Crippen molar-refractivity contribution in [3.8, 4) is 0 Å². The number of hydrogen-bond acceptors (Lipinski definition) is 4. The van der Waals surface area contributed by atoms with Crippen molar-refractivity contribution in [2.45, 2.75) is 97.5 Å². The van der Waals surface area contributed by atoms with Crippen LogP contribution in [0.15, 0.2) is 0 Å². The second kappa shape index (κ2) is 11.4. The minimum absolute atomic E-state index is 0. The van der Waals surface area contributed by atoms with Gasteiger partial charge in [-0.15, -0.1) is 0 Å². The second-order valence-electron chi connectivity index (χ2n) is 11.7. The number of carboxylic acids is 1. The van der Waals surface area contributed by atoms with Crippen LogP contribution in [0, 0.1) is 46.3 Å². The van der Waals surface area contributed by atoms with E-state index in [0.717, 1.165) is 37.5 Å². The van der Waals surface area contributed by atoms with Crippen molar-refractivity contribution in [3.05, 3.63) is 0 Å². The summed E-state index contributed by atoms with van der Waals surface area (Å²) in [7, 11) is -4.39. The van der Waals surface area contributed by atoms with Gasteiger partial charge in [0.05, 0.1) is 6.10 Å². The Morgan fingerprint density at radius 2 is 1.64 bits per heavy atom. The average molecular weight is 503 g/mol. The molecule has 180 valence electrons. The summed E-state index contributed by atoms with van der Waals surface area (Å²) < 4.78 is 36.5. The molecule has 9 heteroatoms. The van der Waals surface area contributed by atoms with Crippen LogP contribution in [0.25, 0.3) is 0 Å². The van der Waals surface area contributed by atoms with E-state index in [-0.39, 0.29) is 77.1 Å². The average Bonchev–Trinajstić information content (AvgIpc) is 3.02. The van der Waals surface area contributed by atoms with Crippen LogP contribution in [0.4, 0.5) is 0 Å². The van der Waals surface area contributed by atoms with E-state index in [1.54, 1.807) is 0 Å². The molecule has 0 aromatic heterocycles. The summed E-state index contributed by atoms with van der Waals surface area (Å²) in [6.07, 6.45) is 10.4. The first-order valence-corrected chi connectivity index (χ1v) is 13.7. The van der Waals surface area contributed by atoms with Crippen LogP contribution in [0.1, 0.15) is 91.4 Å². The molecular formula is C24H40Na2O6S. The molecule has 4 fully saturated rings. The number of fused-ring (bicyclic) bond motifs is 5. The Hall–Kier alpha value is 1.34. The molecule has 4 saturated carbocycles. The van der Waals surface area contributed by atoms with E-state index in [0.29, 0.717) is 35.5 Å². The molecule has 0 aromatic carbocycles. The fraction of sp³-hybridized carbons (Fsp3) is 0.958. The van der Waals surface area contributed by atoms with Crippen molar-refractivity contribution in [2.24, 2.45) is 46.3 Å². The first-order chi connectivity index (χ1) is 14.4. The molecule has 0 unspecified atom stereocenters. The summed E-state index contributed by atoms with van der Waals surface area (Å²) in [6.45, 7) is 7.19. The zero-order chi connectivity index (χ0) is 22.6. The van der Waals surface area contributed by atoms with Gasteiger partial charge in [-0.05, 0) is 111 Å². The van der Waals surface area contributed by atoms with E-state index in [9.17, 15) is 13.2 Å². The molecule has 0 amide bonds. The van der Waals surface area contributed by atoms with Gasteiger partial charge in [0.25, 0.3) is 0 Å². The molecule has 2 N–H and O–H groups in total. The molecular weight excluding hydrogens is 462 g/mol. The predicted octanol–water partition coefficient (Wildman–Crippen LogP) is 4.57. The van der Waals surface area contributed by atoms with Gasteiger partial charge in [0.15, 0.2) is 0 Å². The molecule has 0 spiro atoms. The van der Waals surface area contributed by atoms with Crippen LogP contribution in [-0.2, 0) is 19.4 Å². The number of rotatable bonds is 6. The van der Waals surface area contributed by atoms with Crippen molar-refractivity contribution in [1.29, 1.82) is 0 Å². The SMILES string of the molecule is C[C@H](CCC(=O)O)[C@H]1CC[C@H]2[C@@H]3CC[C@@H]4C[C@H](OS(=O)(=O)O)CC[C@]4(C)[C@H]3CC[C@]12C.[Na].[Na]. The quantitative estimate of drug-likeness (QED) is 0.408. The van der Waals surface area contributed by atoms with Gasteiger partial charge in [0.2, 0.25) is 0 Å². The molecule has 0 aliphatic heterocycles. The molecule has 4 rings (SSSR count). The summed E-state index contributed by atoms with van der Waals surface area (Å²) >= 11 is 0. The number of aliphatic carboxylic acids is 1. The van der Waals surface area contributed by atoms with Crippen molar-refractivity contribution in [3.63, 3.8) is 0 Å². The molecule has 4 aliphatic carbocycles. The van der Waals surface area contributed by atoms with Crippen LogP contribution in [0.5, 0.6) is 0 Å². The normalized spacial score (nSPS) is 43.2. The Labute approximate surface area is 244 Å². The van der Waals surface area contributed by atoms with Crippen molar-refractivity contribution in [1.82, 2.24) is 0 Å². The third-order valence-electron chi connectivity index (χ3n) is 10.4. The standard InChI is InChI=1S/C24H40O6S.2Na/c1-15(4-9-22(25)26)19-7-8-20-18-6-5-16-14-17(30-31(27,28)29)10-12-23(16,2)21(18)11-13-24(19,20)3;;/h15-21H,4-14H2,1-3H3,(H,25,26)(H,27,28,29);;/t15-,16-,17-,18+,19-,20+,21+,23+,24-;;/m1../s1. The maximum absolute atomic E-state index is 11.2. The smallest absolute Gasteiger partial charge is 0.397 e. The zero-order valence-electron chi connectivity index (χ0n) is 21.3. The molecule has 33 heavy (non-hydrogen) atoms. The van der Waals surface area contributed by atoms with Gasteiger partial charge in [-0.3, -0.25) is 9.35 Å². The third-order valence-corrected chi connectivity index (χ3v) is 11.0. The summed E-state index contributed by atoms with van der Waals surface area (Å²) in [5, 5.41) is 9.12. The van der Waals surface area contributed by atoms with Crippen molar-refractivity contribution >= 4 is 75.5 Å². The molecule has 0 bridgehead atoms. The van der Waals surface area contributed by atoms with E-state index >= 15 is 0 Å². The van der Waals surface area contributed by atoms with Gasteiger partial charge in [0.1, 0.15) is 0 Å². The Balaban J connectivity index is 0.00000193. The van der Waals surface area contributed by atoms with Gasteiger partial charge in [-0.25, -0.2) is 4.18 Å². The minimum atomic E-state index is -4.39. The Kier molecular flexibility index (Phi) is 10.5. The largest absolute Gasteiger partial charge is 0.481 e. The van der Waals surface area contributed by atoms with Gasteiger partial charge >= 0.3 is 16.4 Å². The maximum Gasteiger partial charge on any atom is 0.397 e. The molecule has 0 saturated heterocycles. The first-order valence-electron chi connectivity index (χ1n) is 12.3. The Morgan fingerprint density at radius 3 is 2.27 bits per heavy atom. The molecule has 6 nitrogen and oxygen atoms in total. The van der Waals surface area contributed by atoms with E-state index in [1.807, 2.05) is 0 Å². The van der Waals surface area contributed by atoms with Crippen molar-refractivity contribution in [2.75, 3.05) is 0 Å². The van der Waals surface area contributed by atoms with Crippen LogP contribution >= 0.6 is 0 Å². The molecule has 2 radical (unpaired) electrons. The molecule has 9 atom stereocenters. The number of carbonyl (C=O) groups is 1. The second-order valence-corrected chi connectivity index (χ2v) is 12.8. The zero-order valence-corrected chi connectivity index (χ0v) is 26.1. The fourth-order valence-corrected chi connectivity index (χ4v) is 9.52. The topological polar surface area (TPSA) is 101 Å². The summed E-state index contributed by atoms with van der Waals surface area (Å²) in [5.41, 5.74) is 0.559. The molecule has 0 aromatic rings. The third kappa shape index (κ3) is 6.09. The van der Waals surface area contributed by atoms with Crippen molar-refractivity contribution < 1.29 is 27.1 Å². The number of carboxylic acid groups (broad SMARTS) is 1. The monoisotopic (exact) mass is 502 g/mol. The number of hydrogen-bond donors (Lipinski definition) is 2. The van der Waals surface area contributed by atoms with E-state index in [2.05, 4.69) is 20.8 Å². The summed E-state index contributed by atoms with van der Waals surface area (Å²) in [5.74, 6) is 3.01. The Bertz CT molecular complexity index is 807. The fourth-order valence-electron chi connectivity index (χ4n) is 9.01. The summed E-state index contributed by atoms with van der Waals surface area (Å²) in [6, 6.07) is 0.